The number of nitrogens with zero attached hydrogens (tertiary/aromatic N) is 3. The smallest absolute Gasteiger partial charge is 0.244 e. The maximum Gasteiger partial charge on any atom is 0.244 e. The minimum Gasteiger partial charge on any atom is -0.497 e. The van der Waals surface area contributed by atoms with Crippen LogP contribution in [0.25, 0.3) is 0 Å². The van der Waals surface area contributed by atoms with Crippen LogP contribution in [0, 0.1) is 0 Å². The van der Waals surface area contributed by atoms with Crippen molar-refractivity contribution in [3.8, 4) is 5.75 Å². The number of carbonyl (C=O) groups excluding carboxylic acids is 1. The molecule has 1 N–H and O–H groups in total. The first-order valence-corrected chi connectivity index (χ1v) is 8.16. The van der Waals surface area contributed by atoms with Gasteiger partial charge in [-0.05, 0) is 43.5 Å². The van der Waals surface area contributed by atoms with Crippen LogP contribution in [0.4, 0.5) is 0 Å². The van der Waals surface area contributed by atoms with Crippen LogP contribution in [0.5, 0.6) is 5.75 Å². The summed E-state index contributed by atoms with van der Waals surface area (Å²) < 4.78 is 6.78. The molecule has 6 nitrogen and oxygen atoms in total. The number of rotatable bonds is 5. The number of methoxy groups -OCH3 is 1. The van der Waals surface area contributed by atoms with Gasteiger partial charge in [-0.15, -0.1) is 0 Å². The first kappa shape index (κ1) is 16.5. The number of likely N-dealkylation sites (tertiary alicyclic amines) is 1. The zero-order valence-corrected chi connectivity index (χ0v) is 14.1. The van der Waals surface area contributed by atoms with Gasteiger partial charge in [0.25, 0.3) is 0 Å². The Morgan fingerprint density at radius 1 is 1.42 bits per heavy atom. The van der Waals surface area contributed by atoms with Crippen molar-refractivity contribution in [3.05, 3.63) is 48.3 Å². The highest BCUT2D eigenvalue weighted by Crippen LogP contribution is 2.35. The molecule has 0 radical (unpaired) electrons. The van der Waals surface area contributed by atoms with Crippen LogP contribution in [0.2, 0.25) is 0 Å². The molecule has 2 heterocycles. The molecular formula is C18H23N3O3. The van der Waals surface area contributed by atoms with E-state index in [4.69, 9.17) is 4.74 Å². The number of aromatic nitrogens is 2. The topological polar surface area (TPSA) is 67.6 Å². The number of hydrogen-bond donors (Lipinski definition) is 1. The van der Waals surface area contributed by atoms with Gasteiger partial charge in [-0.3, -0.25) is 9.48 Å². The highest BCUT2D eigenvalue weighted by Gasteiger charge is 2.42. The van der Waals surface area contributed by atoms with Gasteiger partial charge >= 0.3 is 0 Å². The van der Waals surface area contributed by atoms with Gasteiger partial charge in [0.05, 0.1) is 13.2 Å². The highest BCUT2D eigenvalue weighted by atomic mass is 16.5. The van der Waals surface area contributed by atoms with Gasteiger partial charge in [0, 0.05) is 18.9 Å². The van der Waals surface area contributed by atoms with Crippen molar-refractivity contribution in [3.63, 3.8) is 0 Å². The minimum absolute atomic E-state index is 0.0185. The van der Waals surface area contributed by atoms with Gasteiger partial charge in [-0.1, -0.05) is 12.1 Å². The third-order valence-electron chi connectivity index (χ3n) is 4.75. The van der Waals surface area contributed by atoms with E-state index >= 15 is 0 Å². The second-order valence-electron chi connectivity index (χ2n) is 6.32. The van der Waals surface area contributed by atoms with E-state index in [-0.39, 0.29) is 18.5 Å². The molecule has 1 aromatic heterocycles. The fraction of sp³-hybridized carbons (Fsp3) is 0.444. The summed E-state index contributed by atoms with van der Waals surface area (Å²) in [6.45, 7) is 2.64. The Hall–Kier alpha value is -2.34. The van der Waals surface area contributed by atoms with Crippen LogP contribution in [0.15, 0.2) is 42.7 Å². The maximum absolute atomic E-state index is 12.6. The Kier molecular flexibility index (Phi) is 4.57. The van der Waals surface area contributed by atoms with Crippen molar-refractivity contribution in [2.45, 2.75) is 38.0 Å². The van der Waals surface area contributed by atoms with Crippen molar-refractivity contribution in [2.75, 3.05) is 13.7 Å². The lowest BCUT2D eigenvalue weighted by Gasteiger charge is -2.37. The monoisotopic (exact) mass is 329 g/mol. The van der Waals surface area contributed by atoms with E-state index in [0.717, 1.165) is 24.2 Å². The molecule has 1 fully saturated rings. The largest absolute Gasteiger partial charge is 0.497 e. The summed E-state index contributed by atoms with van der Waals surface area (Å²) in [5.74, 6) is 0.725. The molecule has 6 heteroatoms. The molecule has 128 valence electrons. The van der Waals surface area contributed by atoms with Crippen LogP contribution < -0.4 is 4.74 Å². The Balaban J connectivity index is 1.78. The van der Waals surface area contributed by atoms with Crippen LogP contribution in [0.3, 0.4) is 0 Å². The molecule has 0 aliphatic carbocycles. The van der Waals surface area contributed by atoms with E-state index in [2.05, 4.69) is 5.10 Å². The van der Waals surface area contributed by atoms with Crippen molar-refractivity contribution in [2.24, 2.45) is 0 Å². The molecule has 0 saturated carbocycles. The van der Waals surface area contributed by atoms with Gasteiger partial charge in [-0.25, -0.2) is 0 Å². The van der Waals surface area contributed by atoms with Gasteiger partial charge in [0.15, 0.2) is 0 Å². The summed E-state index contributed by atoms with van der Waals surface area (Å²) in [4.78, 5) is 14.4. The predicted octanol–water partition coefficient (Wildman–Crippen LogP) is 1.79. The van der Waals surface area contributed by atoms with E-state index in [9.17, 15) is 9.90 Å². The summed E-state index contributed by atoms with van der Waals surface area (Å²) >= 11 is 0. The fourth-order valence-corrected chi connectivity index (χ4v) is 3.39. The number of amides is 1. The molecule has 2 atom stereocenters. The van der Waals surface area contributed by atoms with Gasteiger partial charge in [0.2, 0.25) is 5.91 Å². The Morgan fingerprint density at radius 3 is 2.79 bits per heavy atom. The van der Waals surface area contributed by atoms with Gasteiger partial charge in [-0.2, -0.15) is 5.10 Å². The Bertz CT molecular complexity index is 680. The van der Waals surface area contributed by atoms with E-state index < -0.39 is 5.60 Å². The Morgan fingerprint density at radius 2 is 2.17 bits per heavy atom. The number of aliphatic hydroxyl groups is 1. The lowest BCUT2D eigenvalue weighted by Crippen LogP contribution is -2.49. The molecule has 1 aliphatic rings. The Labute approximate surface area is 141 Å². The summed E-state index contributed by atoms with van der Waals surface area (Å²) in [5.41, 5.74) is -0.324. The maximum atomic E-state index is 12.6. The molecule has 0 unspecified atom stereocenters. The quantitative estimate of drug-likeness (QED) is 0.908. The van der Waals surface area contributed by atoms with Crippen molar-refractivity contribution in [1.29, 1.82) is 0 Å². The van der Waals surface area contributed by atoms with E-state index in [1.54, 1.807) is 42.1 Å². The number of hydrogen-bond acceptors (Lipinski definition) is 4. The average molecular weight is 329 g/mol. The number of benzene rings is 1. The van der Waals surface area contributed by atoms with E-state index in [1.165, 1.54) is 0 Å². The summed E-state index contributed by atoms with van der Waals surface area (Å²) in [6, 6.07) is 8.92. The first-order valence-electron chi connectivity index (χ1n) is 8.16. The number of ether oxygens (including phenoxy) is 1. The normalized spacial score (nSPS) is 20.0. The van der Waals surface area contributed by atoms with Crippen LogP contribution >= 0.6 is 0 Å². The molecule has 2 aromatic rings. The van der Waals surface area contributed by atoms with Crippen LogP contribution in [0.1, 0.15) is 25.3 Å². The third-order valence-corrected chi connectivity index (χ3v) is 4.75. The molecule has 3 rings (SSSR count). The SMILES string of the molecule is COc1ccc([C@@](C)(O)[C@H]2CCCN2C(=O)Cn2cccn2)cc1. The molecule has 0 bridgehead atoms. The van der Waals surface area contributed by atoms with Crippen LogP contribution in [-0.2, 0) is 16.9 Å². The summed E-state index contributed by atoms with van der Waals surface area (Å²) in [5, 5.41) is 15.2. The minimum atomic E-state index is -1.11. The van der Waals surface area contributed by atoms with Crippen molar-refractivity contribution in [1.82, 2.24) is 14.7 Å². The molecule has 1 aliphatic heterocycles. The molecular weight excluding hydrogens is 306 g/mol. The molecule has 1 amide bonds. The van der Waals surface area contributed by atoms with E-state index in [0.29, 0.717) is 6.54 Å². The third kappa shape index (κ3) is 3.14. The van der Waals surface area contributed by atoms with E-state index in [1.807, 2.05) is 24.3 Å². The van der Waals surface area contributed by atoms with Crippen LogP contribution in [-0.4, -0.2) is 45.4 Å². The second-order valence-corrected chi connectivity index (χ2v) is 6.32. The second kappa shape index (κ2) is 6.65. The summed E-state index contributed by atoms with van der Waals surface area (Å²) in [6.07, 6.45) is 5.10. The number of carbonyl (C=O) groups is 1. The summed E-state index contributed by atoms with van der Waals surface area (Å²) in [7, 11) is 1.61. The lowest BCUT2D eigenvalue weighted by atomic mass is 9.86. The fourth-order valence-electron chi connectivity index (χ4n) is 3.39. The zero-order valence-electron chi connectivity index (χ0n) is 14.1. The average Bonchev–Trinajstić information content (AvgIpc) is 3.26. The van der Waals surface area contributed by atoms with Gasteiger partial charge < -0.3 is 14.7 Å². The lowest BCUT2D eigenvalue weighted by molar-refractivity contribution is -0.138. The standard InChI is InChI=1S/C18H23N3O3/c1-18(23,14-6-8-15(24-2)9-7-14)16-5-3-12-21(16)17(22)13-20-11-4-10-19-20/h4,6-11,16,23H,3,5,12-13H2,1-2H3/t16-,18-/m1/s1. The zero-order chi connectivity index (χ0) is 17.2. The van der Waals surface area contributed by atoms with Crippen molar-refractivity contribution < 1.29 is 14.6 Å². The predicted molar refractivity (Wildman–Crippen MR) is 89.5 cm³/mol. The van der Waals surface area contributed by atoms with Gasteiger partial charge in [0.1, 0.15) is 17.9 Å². The molecule has 1 aromatic carbocycles. The molecule has 0 spiro atoms. The highest BCUT2D eigenvalue weighted by molar-refractivity contribution is 5.76. The molecule has 1 saturated heterocycles. The molecule has 24 heavy (non-hydrogen) atoms. The first-order chi connectivity index (χ1) is 11.5. The van der Waals surface area contributed by atoms with Crippen molar-refractivity contribution >= 4 is 5.91 Å².